The number of carbonyl (C=O) groups excluding carboxylic acids is 1. The molecule has 0 N–H and O–H groups in total. The normalized spacial score (nSPS) is 14.3. The Balaban J connectivity index is 1.62. The van der Waals surface area contributed by atoms with Crippen LogP contribution in [0, 0.1) is 11.3 Å². The van der Waals surface area contributed by atoms with E-state index in [0.29, 0.717) is 47.3 Å². The Morgan fingerprint density at radius 3 is 2.45 bits per heavy atom. The van der Waals surface area contributed by atoms with E-state index in [1.807, 2.05) is 36.1 Å². The molecule has 0 bridgehead atoms. The number of rotatable bonds is 6. The number of hydrogen-bond donors (Lipinski definition) is 0. The zero-order chi connectivity index (χ0) is 20.8. The van der Waals surface area contributed by atoms with Crippen molar-refractivity contribution in [3.8, 4) is 17.6 Å². The predicted molar refractivity (Wildman–Crippen MR) is 112 cm³/mol. The smallest absolute Gasteiger partial charge is 0.254 e. The molecule has 1 heterocycles. The van der Waals surface area contributed by atoms with E-state index in [1.165, 1.54) is 7.11 Å². The monoisotopic (exact) mass is 413 g/mol. The van der Waals surface area contributed by atoms with Crippen molar-refractivity contribution in [1.82, 2.24) is 9.80 Å². The molecular weight excluding hydrogens is 390 g/mol. The van der Waals surface area contributed by atoms with Gasteiger partial charge in [-0.1, -0.05) is 23.7 Å². The minimum atomic E-state index is -0.0636. The molecular formula is C22H24ClN3O3. The molecule has 3 rings (SSSR count). The van der Waals surface area contributed by atoms with Crippen molar-refractivity contribution >= 4 is 17.5 Å². The van der Waals surface area contributed by atoms with Crippen LogP contribution >= 0.6 is 11.6 Å². The summed E-state index contributed by atoms with van der Waals surface area (Å²) in [4.78, 5) is 17.1. The van der Waals surface area contributed by atoms with Crippen LogP contribution in [-0.2, 0) is 6.54 Å². The first-order chi connectivity index (χ1) is 14.0. The van der Waals surface area contributed by atoms with Crippen LogP contribution in [0.5, 0.6) is 11.5 Å². The van der Waals surface area contributed by atoms with Gasteiger partial charge in [0.25, 0.3) is 5.91 Å². The maximum absolute atomic E-state index is 12.9. The van der Waals surface area contributed by atoms with E-state index < -0.39 is 0 Å². The van der Waals surface area contributed by atoms with Gasteiger partial charge in [-0.15, -0.1) is 0 Å². The summed E-state index contributed by atoms with van der Waals surface area (Å²) in [5.41, 5.74) is 2.32. The van der Waals surface area contributed by atoms with E-state index in [0.717, 1.165) is 25.2 Å². The third-order valence-corrected chi connectivity index (χ3v) is 5.19. The van der Waals surface area contributed by atoms with Crippen LogP contribution in [0.1, 0.15) is 28.4 Å². The largest absolute Gasteiger partial charge is 0.493 e. The number of ether oxygens (including phenoxy) is 2. The minimum Gasteiger partial charge on any atom is -0.493 e. The molecule has 0 atom stereocenters. The zero-order valence-electron chi connectivity index (χ0n) is 16.7. The molecule has 2 aromatic rings. The van der Waals surface area contributed by atoms with Crippen LogP contribution in [0.2, 0.25) is 5.02 Å². The molecule has 6 nitrogen and oxygen atoms in total. The van der Waals surface area contributed by atoms with Crippen LogP contribution < -0.4 is 9.47 Å². The van der Waals surface area contributed by atoms with Crippen molar-refractivity contribution in [2.45, 2.75) is 13.5 Å². The second-order valence-corrected chi connectivity index (χ2v) is 7.21. The van der Waals surface area contributed by atoms with Crippen LogP contribution in [0.15, 0.2) is 36.4 Å². The fourth-order valence-corrected chi connectivity index (χ4v) is 3.63. The number of benzene rings is 2. The van der Waals surface area contributed by atoms with Crippen molar-refractivity contribution in [1.29, 1.82) is 5.26 Å². The molecule has 2 aromatic carbocycles. The molecule has 0 spiro atoms. The van der Waals surface area contributed by atoms with E-state index in [9.17, 15) is 4.79 Å². The summed E-state index contributed by atoms with van der Waals surface area (Å²) in [6.07, 6.45) is 0. The first-order valence-electron chi connectivity index (χ1n) is 9.56. The molecule has 1 saturated heterocycles. The number of nitriles is 1. The van der Waals surface area contributed by atoms with Gasteiger partial charge in [0.1, 0.15) is 0 Å². The Labute approximate surface area is 176 Å². The molecule has 1 aliphatic heterocycles. The summed E-state index contributed by atoms with van der Waals surface area (Å²) < 4.78 is 10.9. The quantitative estimate of drug-likeness (QED) is 0.724. The maximum atomic E-state index is 12.9. The molecule has 0 aliphatic carbocycles. The van der Waals surface area contributed by atoms with Crippen LogP contribution in [-0.4, -0.2) is 55.6 Å². The number of methoxy groups -OCH3 is 1. The fourth-order valence-electron chi connectivity index (χ4n) is 3.36. The number of piperazine rings is 1. The first kappa shape index (κ1) is 21.0. The van der Waals surface area contributed by atoms with Gasteiger partial charge < -0.3 is 14.4 Å². The molecule has 29 heavy (non-hydrogen) atoms. The minimum absolute atomic E-state index is 0.0636. The van der Waals surface area contributed by atoms with Crippen molar-refractivity contribution in [2.75, 3.05) is 39.9 Å². The topological polar surface area (TPSA) is 65.8 Å². The highest BCUT2D eigenvalue weighted by Gasteiger charge is 2.24. The number of hydrogen-bond acceptors (Lipinski definition) is 5. The lowest BCUT2D eigenvalue weighted by Gasteiger charge is -2.35. The van der Waals surface area contributed by atoms with Gasteiger partial charge >= 0.3 is 0 Å². The van der Waals surface area contributed by atoms with Gasteiger partial charge in [-0.2, -0.15) is 5.26 Å². The SMILES string of the molecule is CCOc1c(Cl)cc(C(=O)N2CCN(Cc3ccc(C#N)cc3)CC2)cc1OC. The molecule has 0 unspecified atom stereocenters. The molecule has 1 fully saturated rings. The van der Waals surface area contributed by atoms with Crippen molar-refractivity contribution in [2.24, 2.45) is 0 Å². The molecule has 152 valence electrons. The molecule has 1 amide bonds. The number of nitrogens with zero attached hydrogens (tertiary/aromatic N) is 3. The van der Waals surface area contributed by atoms with Gasteiger partial charge in [-0.05, 0) is 36.8 Å². The average Bonchev–Trinajstić information content (AvgIpc) is 2.75. The third-order valence-electron chi connectivity index (χ3n) is 4.91. The van der Waals surface area contributed by atoms with Crippen LogP contribution in [0.3, 0.4) is 0 Å². The Kier molecular flexibility index (Phi) is 6.97. The molecule has 0 radical (unpaired) electrons. The Morgan fingerprint density at radius 2 is 1.86 bits per heavy atom. The number of amides is 1. The Hall–Kier alpha value is -2.75. The van der Waals surface area contributed by atoms with Crippen LogP contribution in [0.25, 0.3) is 0 Å². The second-order valence-electron chi connectivity index (χ2n) is 6.80. The Bertz CT molecular complexity index is 901. The van der Waals surface area contributed by atoms with E-state index in [2.05, 4.69) is 11.0 Å². The lowest BCUT2D eigenvalue weighted by Crippen LogP contribution is -2.48. The summed E-state index contributed by atoms with van der Waals surface area (Å²) in [5.74, 6) is 0.855. The lowest BCUT2D eigenvalue weighted by molar-refractivity contribution is 0.0628. The molecule has 0 saturated carbocycles. The highest BCUT2D eigenvalue weighted by Crippen LogP contribution is 2.36. The van der Waals surface area contributed by atoms with E-state index >= 15 is 0 Å². The maximum Gasteiger partial charge on any atom is 0.254 e. The van der Waals surface area contributed by atoms with Gasteiger partial charge in [0.15, 0.2) is 11.5 Å². The van der Waals surface area contributed by atoms with Crippen molar-refractivity contribution in [3.63, 3.8) is 0 Å². The average molecular weight is 414 g/mol. The summed E-state index contributed by atoms with van der Waals surface area (Å²) in [7, 11) is 1.53. The summed E-state index contributed by atoms with van der Waals surface area (Å²) >= 11 is 6.31. The lowest BCUT2D eigenvalue weighted by atomic mass is 10.1. The van der Waals surface area contributed by atoms with E-state index in [1.54, 1.807) is 12.1 Å². The van der Waals surface area contributed by atoms with Gasteiger partial charge in [0, 0.05) is 38.3 Å². The van der Waals surface area contributed by atoms with Crippen molar-refractivity contribution < 1.29 is 14.3 Å². The third kappa shape index (κ3) is 5.00. The van der Waals surface area contributed by atoms with E-state index in [-0.39, 0.29) is 5.91 Å². The second kappa shape index (κ2) is 9.64. The summed E-state index contributed by atoms with van der Waals surface area (Å²) in [6, 6.07) is 13.1. The highest BCUT2D eigenvalue weighted by atomic mass is 35.5. The standard InChI is InChI=1S/C22H24ClN3O3/c1-3-29-21-19(23)12-18(13-20(21)28-2)22(27)26-10-8-25(9-11-26)15-17-6-4-16(14-24)5-7-17/h4-7,12-13H,3,8-11,15H2,1-2H3. The van der Waals surface area contributed by atoms with Gasteiger partial charge in [-0.25, -0.2) is 0 Å². The zero-order valence-corrected chi connectivity index (χ0v) is 17.4. The predicted octanol–water partition coefficient (Wildman–Crippen LogP) is 3.58. The van der Waals surface area contributed by atoms with Gasteiger partial charge in [0.2, 0.25) is 0 Å². The molecule has 7 heteroatoms. The summed E-state index contributed by atoms with van der Waals surface area (Å²) in [5, 5.41) is 9.27. The van der Waals surface area contributed by atoms with Crippen LogP contribution in [0.4, 0.5) is 0 Å². The van der Waals surface area contributed by atoms with Gasteiger partial charge in [0.05, 0.1) is 30.4 Å². The van der Waals surface area contributed by atoms with Gasteiger partial charge in [-0.3, -0.25) is 9.69 Å². The van der Waals surface area contributed by atoms with E-state index in [4.69, 9.17) is 26.3 Å². The molecule has 0 aromatic heterocycles. The molecule has 1 aliphatic rings. The summed E-state index contributed by atoms with van der Waals surface area (Å²) in [6.45, 7) is 5.99. The Morgan fingerprint density at radius 1 is 1.17 bits per heavy atom. The van der Waals surface area contributed by atoms with Crippen molar-refractivity contribution in [3.05, 3.63) is 58.1 Å². The number of halogens is 1. The first-order valence-corrected chi connectivity index (χ1v) is 9.94. The highest BCUT2D eigenvalue weighted by molar-refractivity contribution is 6.32. The fraction of sp³-hybridized carbons (Fsp3) is 0.364. The number of carbonyl (C=O) groups is 1.